The number of hydrogen-bond acceptors (Lipinski definition) is 6. The quantitative estimate of drug-likeness (QED) is 0.294. The first kappa shape index (κ1) is 21.4. The number of anilines is 2. The molecule has 0 aliphatic carbocycles. The van der Waals surface area contributed by atoms with E-state index in [1.807, 2.05) is 61.5 Å². The average molecular weight is 449 g/mol. The van der Waals surface area contributed by atoms with Gasteiger partial charge in [-0.2, -0.15) is 10.2 Å². The van der Waals surface area contributed by atoms with Crippen molar-refractivity contribution < 1.29 is 8.83 Å². The van der Waals surface area contributed by atoms with Gasteiger partial charge in [-0.05, 0) is 46.7 Å². The summed E-state index contributed by atoms with van der Waals surface area (Å²) in [5.74, 6) is 1.63. The molecular weight excluding hydrogens is 424 g/mol. The van der Waals surface area contributed by atoms with E-state index in [0.717, 1.165) is 33.3 Å². The van der Waals surface area contributed by atoms with Gasteiger partial charge in [-0.3, -0.25) is 0 Å². The SMILES string of the molecule is CN(C)c1ccc(CN(Cc2ccco2)c2oc(-c3cccc4ccccc34)nc2C#N)cc1. The maximum absolute atomic E-state index is 9.90. The van der Waals surface area contributed by atoms with Crippen LogP contribution in [0.5, 0.6) is 0 Å². The topological polar surface area (TPSA) is 69.4 Å². The van der Waals surface area contributed by atoms with Crippen molar-refractivity contribution in [1.29, 1.82) is 5.26 Å². The number of aromatic nitrogens is 1. The van der Waals surface area contributed by atoms with E-state index in [1.54, 1.807) is 6.26 Å². The van der Waals surface area contributed by atoms with Crippen molar-refractivity contribution >= 4 is 22.3 Å². The summed E-state index contributed by atoms with van der Waals surface area (Å²) in [7, 11) is 4.03. The lowest BCUT2D eigenvalue weighted by Gasteiger charge is -2.21. The number of hydrogen-bond donors (Lipinski definition) is 0. The highest BCUT2D eigenvalue weighted by Crippen LogP contribution is 2.34. The van der Waals surface area contributed by atoms with Gasteiger partial charge in [0.25, 0.3) is 0 Å². The molecule has 0 bridgehead atoms. The Hall–Kier alpha value is -4.50. The minimum Gasteiger partial charge on any atom is -0.467 e. The Labute approximate surface area is 198 Å². The largest absolute Gasteiger partial charge is 0.467 e. The van der Waals surface area contributed by atoms with Crippen LogP contribution in [-0.2, 0) is 13.1 Å². The number of oxazole rings is 1. The molecule has 3 aromatic carbocycles. The third kappa shape index (κ3) is 4.24. The van der Waals surface area contributed by atoms with Gasteiger partial charge < -0.3 is 18.6 Å². The first-order valence-corrected chi connectivity index (χ1v) is 11.0. The summed E-state index contributed by atoms with van der Waals surface area (Å²) in [4.78, 5) is 8.62. The summed E-state index contributed by atoms with van der Waals surface area (Å²) in [6.45, 7) is 0.981. The molecule has 2 aromatic heterocycles. The number of benzene rings is 3. The molecule has 0 spiro atoms. The van der Waals surface area contributed by atoms with Crippen molar-refractivity contribution in [2.45, 2.75) is 13.1 Å². The van der Waals surface area contributed by atoms with E-state index in [2.05, 4.69) is 52.4 Å². The van der Waals surface area contributed by atoms with Crippen LogP contribution in [-0.4, -0.2) is 19.1 Å². The Bertz CT molecular complexity index is 1440. The standard InChI is InChI=1S/C28H24N4O2/c1-31(2)22-14-12-20(13-15-22)18-32(19-23-9-6-16-33-23)28-26(17-29)30-27(34-28)25-11-5-8-21-7-3-4-10-24(21)25/h3-16H,18-19H2,1-2H3. The second-order valence-corrected chi connectivity index (χ2v) is 8.31. The van der Waals surface area contributed by atoms with E-state index in [1.165, 1.54) is 0 Å². The van der Waals surface area contributed by atoms with E-state index in [-0.39, 0.29) is 5.69 Å². The second kappa shape index (κ2) is 9.16. The van der Waals surface area contributed by atoms with Gasteiger partial charge in [0, 0.05) is 31.9 Å². The molecule has 0 fully saturated rings. The van der Waals surface area contributed by atoms with Crippen molar-refractivity contribution in [2.75, 3.05) is 23.9 Å². The first-order valence-electron chi connectivity index (χ1n) is 11.0. The zero-order chi connectivity index (χ0) is 23.5. The first-order chi connectivity index (χ1) is 16.6. The minimum atomic E-state index is 0.249. The van der Waals surface area contributed by atoms with E-state index in [4.69, 9.17) is 8.83 Å². The van der Waals surface area contributed by atoms with Crippen LogP contribution in [0, 0.1) is 11.3 Å². The number of fused-ring (bicyclic) bond motifs is 1. The van der Waals surface area contributed by atoms with Gasteiger partial charge in [0.2, 0.25) is 17.5 Å². The molecule has 6 nitrogen and oxygen atoms in total. The molecule has 2 heterocycles. The number of furan rings is 1. The third-order valence-corrected chi connectivity index (χ3v) is 5.78. The summed E-state index contributed by atoms with van der Waals surface area (Å²) in [6, 6.07) is 28.4. The van der Waals surface area contributed by atoms with Crippen molar-refractivity contribution in [1.82, 2.24) is 4.98 Å². The van der Waals surface area contributed by atoms with Crippen molar-refractivity contribution in [2.24, 2.45) is 0 Å². The van der Waals surface area contributed by atoms with Gasteiger partial charge in [0.15, 0.2) is 0 Å². The fourth-order valence-electron chi connectivity index (χ4n) is 4.04. The highest BCUT2D eigenvalue weighted by Gasteiger charge is 2.23. The van der Waals surface area contributed by atoms with Gasteiger partial charge >= 0.3 is 0 Å². The predicted octanol–water partition coefficient (Wildman–Crippen LogP) is 6.23. The van der Waals surface area contributed by atoms with Crippen LogP contribution in [0.3, 0.4) is 0 Å². The number of rotatable bonds is 7. The lowest BCUT2D eigenvalue weighted by molar-refractivity contribution is 0.483. The van der Waals surface area contributed by atoms with Crippen LogP contribution in [0.25, 0.3) is 22.2 Å². The molecule has 0 aliphatic heterocycles. The Kier molecular flexibility index (Phi) is 5.75. The molecule has 0 amide bonds. The zero-order valence-electron chi connectivity index (χ0n) is 19.1. The van der Waals surface area contributed by atoms with Crippen LogP contribution in [0.2, 0.25) is 0 Å². The summed E-state index contributed by atoms with van der Waals surface area (Å²) in [5.41, 5.74) is 3.31. The Balaban J connectivity index is 1.55. The van der Waals surface area contributed by atoms with Gasteiger partial charge in [0.05, 0.1) is 12.8 Å². The van der Waals surface area contributed by atoms with Crippen molar-refractivity contribution in [3.05, 3.63) is 102 Å². The van der Waals surface area contributed by atoms with E-state index >= 15 is 0 Å². The van der Waals surface area contributed by atoms with Crippen molar-refractivity contribution in [3.8, 4) is 17.5 Å². The molecule has 0 radical (unpaired) electrons. The summed E-state index contributed by atoms with van der Waals surface area (Å²) in [5, 5.41) is 12.0. The van der Waals surface area contributed by atoms with Crippen LogP contribution < -0.4 is 9.80 Å². The van der Waals surface area contributed by atoms with Gasteiger partial charge in [-0.1, -0.05) is 48.5 Å². The molecule has 0 aliphatic rings. The molecule has 34 heavy (non-hydrogen) atoms. The fourth-order valence-corrected chi connectivity index (χ4v) is 4.04. The molecule has 0 atom stereocenters. The van der Waals surface area contributed by atoms with Crippen LogP contribution >= 0.6 is 0 Å². The van der Waals surface area contributed by atoms with Gasteiger partial charge in [-0.25, -0.2) is 0 Å². The molecule has 5 aromatic rings. The monoisotopic (exact) mass is 448 g/mol. The van der Waals surface area contributed by atoms with E-state index < -0.39 is 0 Å². The molecule has 168 valence electrons. The van der Waals surface area contributed by atoms with Gasteiger partial charge in [-0.15, -0.1) is 0 Å². The van der Waals surface area contributed by atoms with E-state index in [0.29, 0.717) is 24.9 Å². The molecule has 5 rings (SSSR count). The zero-order valence-corrected chi connectivity index (χ0v) is 19.1. The highest BCUT2D eigenvalue weighted by molar-refractivity contribution is 5.94. The highest BCUT2D eigenvalue weighted by atomic mass is 16.4. The molecule has 0 N–H and O–H groups in total. The lowest BCUT2D eigenvalue weighted by atomic mass is 10.0. The fraction of sp³-hybridized carbons (Fsp3) is 0.143. The average Bonchev–Trinajstić information content (AvgIpc) is 3.53. The molecule has 0 unspecified atom stereocenters. The molecule has 6 heteroatoms. The molecular formula is C28H24N4O2. The number of nitriles is 1. The minimum absolute atomic E-state index is 0.249. The maximum atomic E-state index is 9.90. The van der Waals surface area contributed by atoms with Crippen LogP contribution in [0.4, 0.5) is 11.6 Å². The maximum Gasteiger partial charge on any atom is 0.235 e. The number of nitrogens with zero attached hydrogens (tertiary/aromatic N) is 4. The second-order valence-electron chi connectivity index (χ2n) is 8.31. The smallest absolute Gasteiger partial charge is 0.235 e. The summed E-state index contributed by atoms with van der Waals surface area (Å²) >= 11 is 0. The Morgan fingerprint density at radius 2 is 1.68 bits per heavy atom. The molecule has 0 saturated carbocycles. The Morgan fingerprint density at radius 1 is 0.882 bits per heavy atom. The van der Waals surface area contributed by atoms with Crippen LogP contribution in [0.15, 0.2) is 94.0 Å². The van der Waals surface area contributed by atoms with E-state index in [9.17, 15) is 5.26 Å². The normalized spacial score (nSPS) is 10.9. The third-order valence-electron chi connectivity index (χ3n) is 5.78. The Morgan fingerprint density at radius 3 is 2.41 bits per heavy atom. The lowest BCUT2D eigenvalue weighted by Crippen LogP contribution is -2.22. The summed E-state index contributed by atoms with van der Waals surface area (Å²) in [6.07, 6.45) is 1.65. The van der Waals surface area contributed by atoms with Crippen LogP contribution in [0.1, 0.15) is 17.0 Å². The predicted molar refractivity (Wildman–Crippen MR) is 134 cm³/mol. The van der Waals surface area contributed by atoms with Crippen molar-refractivity contribution in [3.63, 3.8) is 0 Å². The molecule has 0 saturated heterocycles. The summed E-state index contributed by atoms with van der Waals surface area (Å²) < 4.78 is 11.9. The van der Waals surface area contributed by atoms with Gasteiger partial charge in [0.1, 0.15) is 11.8 Å².